The van der Waals surface area contributed by atoms with Crippen LogP contribution in [0.25, 0.3) is 0 Å². The first kappa shape index (κ1) is 19.8. The molecular formula is C24H32N3O2+. The van der Waals surface area contributed by atoms with E-state index in [2.05, 4.69) is 42.3 Å². The van der Waals surface area contributed by atoms with E-state index >= 15 is 0 Å². The van der Waals surface area contributed by atoms with E-state index in [1.165, 1.54) is 28.9 Å². The van der Waals surface area contributed by atoms with Crippen molar-refractivity contribution in [2.24, 2.45) is 0 Å². The van der Waals surface area contributed by atoms with E-state index in [1.54, 1.807) is 7.11 Å². The summed E-state index contributed by atoms with van der Waals surface area (Å²) in [6.45, 7) is 3.79. The average molecular weight is 395 g/mol. The lowest BCUT2D eigenvalue weighted by atomic mass is 9.87. The molecule has 1 aliphatic carbocycles. The van der Waals surface area contributed by atoms with E-state index < -0.39 is 0 Å². The third kappa shape index (κ3) is 4.25. The van der Waals surface area contributed by atoms with Gasteiger partial charge in [0, 0.05) is 38.2 Å². The Morgan fingerprint density at radius 2 is 1.79 bits per heavy atom. The lowest BCUT2D eigenvalue weighted by Crippen LogP contribution is -3.10. The number of ether oxygens (including phenoxy) is 1. The molecule has 29 heavy (non-hydrogen) atoms. The Labute approximate surface area is 173 Å². The van der Waals surface area contributed by atoms with E-state index in [-0.39, 0.29) is 5.91 Å². The second-order valence-corrected chi connectivity index (χ2v) is 8.21. The number of carbonyl (C=O) groups is 1. The molecule has 2 aromatic carbocycles. The van der Waals surface area contributed by atoms with Crippen LogP contribution in [0.15, 0.2) is 48.5 Å². The molecule has 2 atom stereocenters. The third-order valence-corrected chi connectivity index (χ3v) is 6.45. The maximum absolute atomic E-state index is 13.0. The van der Waals surface area contributed by atoms with Crippen molar-refractivity contribution < 1.29 is 14.4 Å². The van der Waals surface area contributed by atoms with E-state index in [0.717, 1.165) is 44.0 Å². The highest BCUT2D eigenvalue weighted by Crippen LogP contribution is 2.29. The first-order chi connectivity index (χ1) is 14.2. The van der Waals surface area contributed by atoms with Gasteiger partial charge >= 0.3 is 0 Å². The van der Waals surface area contributed by atoms with Gasteiger partial charge in [-0.1, -0.05) is 36.4 Å². The molecule has 5 nitrogen and oxygen atoms in total. The molecule has 4 rings (SSSR count). The molecule has 1 heterocycles. The van der Waals surface area contributed by atoms with Crippen LogP contribution in [0.2, 0.25) is 0 Å². The number of anilines is 1. The van der Waals surface area contributed by atoms with Crippen LogP contribution in [-0.4, -0.2) is 57.7 Å². The minimum absolute atomic E-state index is 0.269. The Morgan fingerprint density at radius 3 is 2.59 bits per heavy atom. The van der Waals surface area contributed by atoms with Crippen molar-refractivity contribution in [3.05, 3.63) is 59.7 Å². The molecule has 0 spiro atoms. The Morgan fingerprint density at radius 1 is 1.07 bits per heavy atom. The second kappa shape index (κ2) is 8.87. The van der Waals surface area contributed by atoms with E-state index in [9.17, 15) is 4.79 Å². The minimum Gasteiger partial charge on any atom is -0.495 e. The van der Waals surface area contributed by atoms with Crippen LogP contribution >= 0.6 is 0 Å². The number of para-hydroxylation sites is 2. The molecule has 1 unspecified atom stereocenters. The highest BCUT2D eigenvalue weighted by Gasteiger charge is 2.30. The summed E-state index contributed by atoms with van der Waals surface area (Å²) in [4.78, 5) is 18.7. The van der Waals surface area contributed by atoms with Gasteiger partial charge in [-0.2, -0.15) is 0 Å². The van der Waals surface area contributed by atoms with Gasteiger partial charge in [0.05, 0.1) is 19.8 Å². The fourth-order valence-electron chi connectivity index (χ4n) is 4.83. The van der Waals surface area contributed by atoms with E-state index in [0.29, 0.717) is 12.6 Å². The summed E-state index contributed by atoms with van der Waals surface area (Å²) in [7, 11) is 3.89. The first-order valence-corrected chi connectivity index (χ1v) is 10.7. The molecule has 0 radical (unpaired) electrons. The zero-order valence-electron chi connectivity index (χ0n) is 17.6. The van der Waals surface area contributed by atoms with Gasteiger partial charge in [0.25, 0.3) is 5.91 Å². The van der Waals surface area contributed by atoms with Gasteiger partial charge < -0.3 is 19.4 Å². The number of benzene rings is 2. The lowest BCUT2D eigenvalue weighted by molar-refractivity contribution is -0.905. The maximum Gasteiger partial charge on any atom is 0.277 e. The number of rotatable bonds is 5. The highest BCUT2D eigenvalue weighted by atomic mass is 16.5. The third-order valence-electron chi connectivity index (χ3n) is 6.45. The molecule has 1 aliphatic heterocycles. The Bertz CT molecular complexity index is 846. The molecule has 1 amide bonds. The van der Waals surface area contributed by atoms with Crippen molar-refractivity contribution in [1.82, 2.24) is 4.90 Å². The van der Waals surface area contributed by atoms with Gasteiger partial charge in [-0.3, -0.25) is 4.79 Å². The number of nitrogens with zero attached hydrogens (tertiary/aromatic N) is 2. The van der Waals surface area contributed by atoms with Gasteiger partial charge in [-0.15, -0.1) is 0 Å². The first-order valence-electron chi connectivity index (χ1n) is 10.7. The Kier molecular flexibility index (Phi) is 6.05. The summed E-state index contributed by atoms with van der Waals surface area (Å²) in [5.41, 5.74) is 4.01. The smallest absolute Gasteiger partial charge is 0.277 e. The number of hydrogen-bond acceptors (Lipinski definition) is 3. The molecule has 1 saturated heterocycles. The van der Waals surface area contributed by atoms with Crippen LogP contribution in [0, 0.1) is 0 Å². The molecule has 2 aromatic rings. The summed E-state index contributed by atoms with van der Waals surface area (Å²) in [6.07, 6.45) is 3.54. The number of hydrogen-bond donors (Lipinski definition) is 1. The topological polar surface area (TPSA) is 37.2 Å². The SMILES string of the molecule is COc1ccccc1N1CCN(C(=O)C[NH+](C)[C@@H]2CCCc3ccccc32)CC1. The standard InChI is InChI=1S/C24H31N3O2/c1-25(21-12-7-9-19-8-3-4-10-20(19)21)18-24(28)27-16-14-26(15-17-27)22-11-5-6-13-23(22)29-2/h3-6,8,10-11,13,21H,7,9,12,14-18H2,1-2H3/p+1/t21-/m1/s1. The van der Waals surface area contributed by atoms with Crippen molar-refractivity contribution in [1.29, 1.82) is 0 Å². The number of quaternary nitrogens is 1. The fraction of sp³-hybridized carbons (Fsp3) is 0.458. The van der Waals surface area contributed by atoms with Crippen LogP contribution < -0.4 is 14.5 Å². The monoisotopic (exact) mass is 394 g/mol. The maximum atomic E-state index is 13.0. The van der Waals surface area contributed by atoms with Crippen LogP contribution in [0.3, 0.4) is 0 Å². The summed E-state index contributed by atoms with van der Waals surface area (Å²) in [6, 6.07) is 17.3. The second-order valence-electron chi connectivity index (χ2n) is 8.21. The minimum atomic E-state index is 0.269. The van der Waals surface area contributed by atoms with Crippen molar-refractivity contribution in [3.8, 4) is 5.75 Å². The molecule has 1 fully saturated rings. The molecular weight excluding hydrogens is 362 g/mol. The zero-order valence-corrected chi connectivity index (χ0v) is 17.6. The molecule has 0 bridgehead atoms. The zero-order chi connectivity index (χ0) is 20.2. The summed E-state index contributed by atoms with van der Waals surface area (Å²) in [5, 5.41) is 0. The predicted molar refractivity (Wildman–Crippen MR) is 116 cm³/mol. The van der Waals surface area contributed by atoms with Crippen molar-refractivity contribution in [3.63, 3.8) is 0 Å². The number of methoxy groups -OCH3 is 1. The van der Waals surface area contributed by atoms with Gasteiger partial charge in [0.15, 0.2) is 6.54 Å². The molecule has 1 N–H and O–H groups in total. The van der Waals surface area contributed by atoms with Gasteiger partial charge in [0.2, 0.25) is 0 Å². The van der Waals surface area contributed by atoms with Crippen molar-refractivity contribution >= 4 is 11.6 Å². The fourth-order valence-corrected chi connectivity index (χ4v) is 4.83. The van der Waals surface area contributed by atoms with Gasteiger partial charge in [0.1, 0.15) is 11.8 Å². The average Bonchev–Trinajstić information content (AvgIpc) is 2.78. The largest absolute Gasteiger partial charge is 0.495 e. The van der Waals surface area contributed by atoms with E-state index in [4.69, 9.17) is 4.74 Å². The number of carbonyl (C=O) groups excluding carboxylic acids is 1. The van der Waals surface area contributed by atoms with Crippen molar-refractivity contribution in [2.75, 3.05) is 51.8 Å². The van der Waals surface area contributed by atoms with E-state index in [1.807, 2.05) is 23.1 Å². The Balaban J connectivity index is 1.35. The highest BCUT2D eigenvalue weighted by molar-refractivity contribution is 5.77. The van der Waals surface area contributed by atoms with Crippen LogP contribution in [0.5, 0.6) is 5.75 Å². The number of nitrogens with one attached hydrogen (secondary N) is 1. The normalized spacial score (nSPS) is 20.1. The summed E-state index contributed by atoms with van der Waals surface area (Å²) < 4.78 is 5.50. The number of fused-ring (bicyclic) bond motifs is 1. The van der Waals surface area contributed by atoms with Crippen LogP contribution in [0.1, 0.15) is 30.0 Å². The number of aryl methyl sites for hydroxylation is 1. The molecule has 2 aliphatic rings. The van der Waals surface area contributed by atoms with Gasteiger partial charge in [-0.25, -0.2) is 0 Å². The van der Waals surface area contributed by atoms with Crippen LogP contribution in [0.4, 0.5) is 5.69 Å². The molecule has 5 heteroatoms. The molecule has 0 saturated carbocycles. The number of likely N-dealkylation sites (N-methyl/N-ethyl adjacent to an activating group) is 1. The predicted octanol–water partition coefficient (Wildman–Crippen LogP) is 1.94. The van der Waals surface area contributed by atoms with Crippen molar-refractivity contribution in [2.45, 2.75) is 25.3 Å². The number of piperazine rings is 1. The Hall–Kier alpha value is -2.53. The summed E-state index contributed by atoms with van der Waals surface area (Å²) in [5.74, 6) is 1.16. The molecule has 154 valence electrons. The molecule has 0 aromatic heterocycles. The van der Waals surface area contributed by atoms with Gasteiger partial charge in [-0.05, 0) is 30.5 Å². The summed E-state index contributed by atoms with van der Waals surface area (Å²) >= 11 is 0. The lowest BCUT2D eigenvalue weighted by Gasteiger charge is -2.37. The quantitative estimate of drug-likeness (QED) is 0.842. The van der Waals surface area contributed by atoms with Crippen LogP contribution in [-0.2, 0) is 11.2 Å². The number of amides is 1.